The number of nitrogens with two attached hydrogens (primary N) is 1. The van der Waals surface area contributed by atoms with E-state index < -0.39 is 5.54 Å². The van der Waals surface area contributed by atoms with E-state index in [0.29, 0.717) is 5.56 Å². The van der Waals surface area contributed by atoms with Crippen molar-refractivity contribution in [1.82, 2.24) is 0 Å². The minimum atomic E-state index is -0.416. The Morgan fingerprint density at radius 2 is 2.07 bits per heavy atom. The molecule has 0 unspecified atom stereocenters. The number of hydrogen-bond donors (Lipinski definition) is 1. The number of hydrogen-bond acceptors (Lipinski definition) is 1. The van der Waals surface area contributed by atoms with Crippen LogP contribution < -0.4 is 5.73 Å². The Kier molecular flexibility index (Phi) is 2.40. The van der Waals surface area contributed by atoms with Gasteiger partial charge in [0.05, 0.1) is 0 Å². The molecule has 0 aromatic heterocycles. The molecule has 0 spiro atoms. The molecule has 0 atom stereocenters. The molecule has 1 aromatic rings. The van der Waals surface area contributed by atoms with Gasteiger partial charge in [-0.2, -0.15) is 0 Å². The average Bonchev–Trinajstić information content (AvgIpc) is 2.07. The van der Waals surface area contributed by atoms with Gasteiger partial charge in [0.1, 0.15) is 5.82 Å². The van der Waals surface area contributed by atoms with Gasteiger partial charge in [-0.15, -0.1) is 0 Å². The normalized spacial score (nSPS) is 19.1. The van der Waals surface area contributed by atoms with Gasteiger partial charge in [-0.1, -0.05) is 15.9 Å². The molecule has 1 aromatic carbocycles. The summed E-state index contributed by atoms with van der Waals surface area (Å²) in [6, 6.07) is 3.37. The van der Waals surface area contributed by atoms with E-state index in [-0.39, 0.29) is 5.82 Å². The lowest BCUT2D eigenvalue weighted by Gasteiger charge is -2.39. The van der Waals surface area contributed by atoms with Gasteiger partial charge in [-0.3, -0.25) is 0 Å². The van der Waals surface area contributed by atoms with Gasteiger partial charge in [0.15, 0.2) is 0 Å². The summed E-state index contributed by atoms with van der Waals surface area (Å²) >= 11 is 3.40. The highest BCUT2D eigenvalue weighted by atomic mass is 79.9. The molecular weight excluding hydrogens is 245 g/mol. The molecule has 0 amide bonds. The van der Waals surface area contributed by atoms with Crippen molar-refractivity contribution in [2.45, 2.75) is 31.7 Å². The van der Waals surface area contributed by atoms with Crippen LogP contribution in [-0.2, 0) is 5.54 Å². The highest BCUT2D eigenvalue weighted by molar-refractivity contribution is 9.10. The zero-order valence-electron chi connectivity index (χ0n) is 8.11. The van der Waals surface area contributed by atoms with Crippen LogP contribution in [0.2, 0.25) is 0 Å². The summed E-state index contributed by atoms with van der Waals surface area (Å²) in [6.45, 7) is 1.88. The summed E-state index contributed by atoms with van der Waals surface area (Å²) in [7, 11) is 0. The third-order valence-electron chi connectivity index (χ3n) is 3.03. The van der Waals surface area contributed by atoms with Crippen molar-refractivity contribution in [3.8, 4) is 0 Å². The van der Waals surface area contributed by atoms with E-state index >= 15 is 0 Å². The first-order valence-electron chi connectivity index (χ1n) is 4.78. The summed E-state index contributed by atoms with van der Waals surface area (Å²) in [6.07, 6.45) is 2.88. The number of halogens is 2. The van der Waals surface area contributed by atoms with Crippen LogP contribution >= 0.6 is 15.9 Å². The SMILES string of the molecule is Cc1cc(F)c(C2(N)CCC2)cc1Br. The summed E-state index contributed by atoms with van der Waals surface area (Å²) < 4.78 is 14.6. The molecule has 1 aliphatic rings. The molecule has 1 nitrogen and oxygen atoms in total. The molecule has 2 rings (SSSR count). The van der Waals surface area contributed by atoms with E-state index in [1.165, 1.54) is 0 Å². The molecular formula is C11H13BrFN. The maximum absolute atomic E-state index is 13.6. The zero-order chi connectivity index (χ0) is 10.3. The molecule has 0 heterocycles. The predicted molar refractivity (Wildman–Crippen MR) is 58.6 cm³/mol. The molecule has 2 N–H and O–H groups in total. The first kappa shape index (κ1) is 10.1. The van der Waals surface area contributed by atoms with Crippen molar-refractivity contribution in [3.63, 3.8) is 0 Å². The van der Waals surface area contributed by atoms with Crippen LogP contribution in [0.5, 0.6) is 0 Å². The van der Waals surface area contributed by atoms with Crippen molar-refractivity contribution >= 4 is 15.9 Å². The molecule has 0 saturated heterocycles. The van der Waals surface area contributed by atoms with Crippen LogP contribution in [0.3, 0.4) is 0 Å². The lowest BCUT2D eigenvalue weighted by molar-refractivity contribution is 0.245. The van der Waals surface area contributed by atoms with Gasteiger partial charge in [0.25, 0.3) is 0 Å². The zero-order valence-corrected chi connectivity index (χ0v) is 9.70. The van der Waals surface area contributed by atoms with Crippen LogP contribution in [0.25, 0.3) is 0 Å². The van der Waals surface area contributed by atoms with Gasteiger partial charge in [0, 0.05) is 15.6 Å². The van der Waals surface area contributed by atoms with E-state index in [4.69, 9.17) is 5.73 Å². The van der Waals surface area contributed by atoms with Crippen molar-refractivity contribution in [2.75, 3.05) is 0 Å². The second kappa shape index (κ2) is 3.31. The van der Waals surface area contributed by atoms with Gasteiger partial charge in [0.2, 0.25) is 0 Å². The maximum Gasteiger partial charge on any atom is 0.128 e. The molecule has 1 saturated carbocycles. The summed E-state index contributed by atoms with van der Waals surface area (Å²) in [5.74, 6) is -0.173. The van der Waals surface area contributed by atoms with Crippen LogP contribution in [0, 0.1) is 12.7 Å². The second-order valence-corrected chi connectivity index (χ2v) is 4.95. The Morgan fingerprint density at radius 1 is 1.43 bits per heavy atom. The van der Waals surface area contributed by atoms with Crippen molar-refractivity contribution in [3.05, 3.63) is 33.5 Å². The topological polar surface area (TPSA) is 26.0 Å². The minimum absolute atomic E-state index is 0.173. The van der Waals surface area contributed by atoms with Gasteiger partial charge < -0.3 is 5.73 Å². The lowest BCUT2D eigenvalue weighted by atomic mass is 9.72. The Labute approximate surface area is 91.6 Å². The van der Waals surface area contributed by atoms with Crippen molar-refractivity contribution < 1.29 is 4.39 Å². The number of rotatable bonds is 1. The largest absolute Gasteiger partial charge is 0.321 e. The first-order valence-corrected chi connectivity index (χ1v) is 5.57. The van der Waals surface area contributed by atoms with Gasteiger partial charge in [-0.25, -0.2) is 4.39 Å². The molecule has 1 aliphatic carbocycles. The van der Waals surface area contributed by atoms with Crippen LogP contribution in [-0.4, -0.2) is 0 Å². The molecule has 1 fully saturated rings. The number of aryl methyl sites for hydroxylation is 1. The smallest absolute Gasteiger partial charge is 0.128 e. The Balaban J connectivity index is 2.48. The quantitative estimate of drug-likeness (QED) is 0.822. The molecule has 3 heteroatoms. The fourth-order valence-electron chi connectivity index (χ4n) is 1.85. The summed E-state index contributed by atoms with van der Waals surface area (Å²) in [5, 5.41) is 0. The Hall–Kier alpha value is -0.410. The van der Waals surface area contributed by atoms with Gasteiger partial charge >= 0.3 is 0 Å². The van der Waals surface area contributed by atoms with Crippen LogP contribution in [0.1, 0.15) is 30.4 Å². The van der Waals surface area contributed by atoms with E-state index in [1.54, 1.807) is 6.07 Å². The molecule has 0 radical (unpaired) electrons. The average molecular weight is 258 g/mol. The first-order chi connectivity index (χ1) is 6.53. The van der Waals surface area contributed by atoms with Crippen LogP contribution in [0.4, 0.5) is 4.39 Å². The second-order valence-electron chi connectivity index (χ2n) is 4.09. The predicted octanol–water partition coefficient (Wildman–Crippen LogP) is 3.23. The number of benzene rings is 1. The van der Waals surface area contributed by atoms with Crippen molar-refractivity contribution in [1.29, 1.82) is 0 Å². The standard InChI is InChI=1S/C11H13BrFN/c1-7-5-10(13)8(6-9(7)12)11(14)3-2-4-11/h5-6H,2-4,14H2,1H3. The fourth-order valence-corrected chi connectivity index (χ4v) is 2.20. The highest BCUT2D eigenvalue weighted by Crippen LogP contribution is 2.41. The minimum Gasteiger partial charge on any atom is -0.321 e. The van der Waals surface area contributed by atoms with E-state index in [2.05, 4.69) is 15.9 Å². The monoisotopic (exact) mass is 257 g/mol. The lowest BCUT2D eigenvalue weighted by Crippen LogP contribution is -2.44. The molecule has 14 heavy (non-hydrogen) atoms. The van der Waals surface area contributed by atoms with Crippen molar-refractivity contribution in [2.24, 2.45) is 5.73 Å². The van der Waals surface area contributed by atoms with Crippen LogP contribution in [0.15, 0.2) is 16.6 Å². The molecule has 76 valence electrons. The maximum atomic E-state index is 13.6. The summed E-state index contributed by atoms with van der Waals surface area (Å²) in [4.78, 5) is 0. The third kappa shape index (κ3) is 1.48. The van der Waals surface area contributed by atoms with E-state index in [9.17, 15) is 4.39 Å². The van der Waals surface area contributed by atoms with E-state index in [0.717, 1.165) is 29.3 Å². The summed E-state index contributed by atoms with van der Waals surface area (Å²) in [5.41, 5.74) is 7.23. The Morgan fingerprint density at radius 3 is 2.57 bits per heavy atom. The fraction of sp³-hybridized carbons (Fsp3) is 0.455. The van der Waals surface area contributed by atoms with E-state index in [1.807, 2.05) is 13.0 Å². The Bertz CT molecular complexity index is 372. The third-order valence-corrected chi connectivity index (χ3v) is 3.88. The molecule has 0 bridgehead atoms. The van der Waals surface area contributed by atoms with Gasteiger partial charge in [-0.05, 0) is 43.9 Å². The highest BCUT2D eigenvalue weighted by Gasteiger charge is 2.36. The molecule has 0 aliphatic heterocycles.